The number of benzene rings is 6. The van der Waals surface area contributed by atoms with Gasteiger partial charge in [-0.3, -0.25) is 10.2 Å². The molecule has 0 saturated heterocycles. The first-order valence-electron chi connectivity index (χ1n) is 14.0. The molecule has 0 spiro atoms. The number of carbonyl (C=O) groups is 1. The van der Waals surface area contributed by atoms with Crippen LogP contribution in [0.2, 0.25) is 0 Å². The molecule has 4 heteroatoms. The van der Waals surface area contributed by atoms with Crippen LogP contribution in [0.15, 0.2) is 158 Å². The minimum Gasteiger partial charge on any atom is -0.310 e. The standard InChI is InChI=1S/C38H29N3O/c39-40-37(42)27-21-23-33-34-24-22-32(41(30-17-9-3-10-18-30)31-19-11-4-12-20-31)26-36(34)38(35(33)25-27,28-13-5-1-6-14-28)29-15-7-2-8-16-29/h1-26H,39H2,(H,40,42). The lowest BCUT2D eigenvalue weighted by Crippen LogP contribution is -2.31. The summed E-state index contributed by atoms with van der Waals surface area (Å²) in [7, 11) is 0. The molecule has 0 radical (unpaired) electrons. The minimum absolute atomic E-state index is 0.316. The Morgan fingerprint density at radius 1 is 0.524 bits per heavy atom. The van der Waals surface area contributed by atoms with Gasteiger partial charge < -0.3 is 4.90 Å². The maximum atomic E-state index is 12.8. The summed E-state index contributed by atoms with van der Waals surface area (Å²) < 4.78 is 0. The second-order valence-corrected chi connectivity index (χ2v) is 10.5. The zero-order valence-electron chi connectivity index (χ0n) is 22.9. The molecule has 1 aliphatic carbocycles. The molecule has 1 aliphatic rings. The molecule has 7 rings (SSSR count). The van der Waals surface area contributed by atoms with E-state index in [0.29, 0.717) is 5.56 Å². The summed E-state index contributed by atoms with van der Waals surface area (Å²) in [5, 5.41) is 0. The van der Waals surface area contributed by atoms with Crippen molar-refractivity contribution in [3.8, 4) is 11.1 Å². The smallest absolute Gasteiger partial charge is 0.265 e. The Kier molecular flexibility index (Phi) is 6.38. The van der Waals surface area contributed by atoms with Crippen molar-refractivity contribution in [2.45, 2.75) is 5.41 Å². The Balaban J connectivity index is 1.56. The molecule has 0 saturated carbocycles. The molecular formula is C38H29N3O. The molecule has 0 bridgehead atoms. The lowest BCUT2D eigenvalue weighted by Gasteiger charge is -2.35. The van der Waals surface area contributed by atoms with Gasteiger partial charge in [0, 0.05) is 22.6 Å². The largest absolute Gasteiger partial charge is 0.310 e. The van der Waals surface area contributed by atoms with Gasteiger partial charge in [-0.2, -0.15) is 0 Å². The van der Waals surface area contributed by atoms with Crippen molar-refractivity contribution < 1.29 is 4.79 Å². The molecule has 202 valence electrons. The highest BCUT2D eigenvalue weighted by molar-refractivity contribution is 5.97. The first-order valence-corrected chi connectivity index (χ1v) is 14.0. The number of para-hydroxylation sites is 2. The van der Waals surface area contributed by atoms with E-state index < -0.39 is 5.41 Å². The number of hydrazine groups is 1. The van der Waals surface area contributed by atoms with Gasteiger partial charge in [0.25, 0.3) is 5.91 Å². The monoisotopic (exact) mass is 543 g/mol. The van der Waals surface area contributed by atoms with Crippen LogP contribution in [0.25, 0.3) is 11.1 Å². The van der Waals surface area contributed by atoms with E-state index in [-0.39, 0.29) is 5.91 Å². The van der Waals surface area contributed by atoms with Gasteiger partial charge in [-0.05, 0) is 81.9 Å². The van der Waals surface area contributed by atoms with Gasteiger partial charge in [0.1, 0.15) is 0 Å². The van der Waals surface area contributed by atoms with Gasteiger partial charge in [-0.15, -0.1) is 0 Å². The number of fused-ring (bicyclic) bond motifs is 3. The average Bonchev–Trinajstić information content (AvgIpc) is 3.36. The fourth-order valence-corrected chi connectivity index (χ4v) is 6.44. The first kappa shape index (κ1) is 25.5. The molecule has 4 nitrogen and oxygen atoms in total. The van der Waals surface area contributed by atoms with Gasteiger partial charge in [-0.1, -0.05) is 109 Å². The molecule has 0 heterocycles. The molecule has 6 aromatic rings. The Bertz CT molecular complexity index is 1790. The maximum Gasteiger partial charge on any atom is 0.265 e. The zero-order chi connectivity index (χ0) is 28.5. The number of nitrogens with zero attached hydrogens (tertiary/aromatic N) is 1. The van der Waals surface area contributed by atoms with Crippen LogP contribution in [0.5, 0.6) is 0 Å². The van der Waals surface area contributed by atoms with Crippen LogP contribution in [-0.4, -0.2) is 5.91 Å². The van der Waals surface area contributed by atoms with Gasteiger partial charge in [-0.25, -0.2) is 5.84 Å². The normalized spacial score (nSPS) is 12.7. The Morgan fingerprint density at radius 3 is 1.48 bits per heavy atom. The topological polar surface area (TPSA) is 58.4 Å². The summed E-state index contributed by atoms with van der Waals surface area (Å²) in [6, 6.07) is 54.6. The van der Waals surface area contributed by atoms with E-state index in [1.807, 2.05) is 36.4 Å². The number of hydrogen-bond donors (Lipinski definition) is 2. The number of rotatable bonds is 6. The number of carbonyl (C=O) groups excluding carboxylic acids is 1. The summed E-state index contributed by atoms with van der Waals surface area (Å²) in [4.78, 5) is 15.1. The van der Waals surface area contributed by atoms with Crippen molar-refractivity contribution in [2.75, 3.05) is 4.90 Å². The van der Waals surface area contributed by atoms with Crippen molar-refractivity contribution in [3.05, 3.63) is 186 Å². The number of amides is 1. The SMILES string of the molecule is NNC(=O)c1ccc2c(c1)C(c1ccccc1)(c1ccccc1)c1cc(N(c3ccccc3)c3ccccc3)ccc1-2. The van der Waals surface area contributed by atoms with Gasteiger partial charge in [0.05, 0.1) is 5.41 Å². The Labute approximate surface area is 245 Å². The first-order chi connectivity index (χ1) is 20.7. The lowest BCUT2D eigenvalue weighted by atomic mass is 9.67. The number of hydrogen-bond acceptors (Lipinski definition) is 3. The van der Waals surface area contributed by atoms with Crippen LogP contribution >= 0.6 is 0 Å². The van der Waals surface area contributed by atoms with E-state index in [0.717, 1.165) is 50.4 Å². The number of nitrogen functional groups attached to an aromatic ring is 1. The van der Waals surface area contributed by atoms with Crippen LogP contribution < -0.4 is 16.2 Å². The highest BCUT2D eigenvalue weighted by Crippen LogP contribution is 2.57. The molecule has 0 fully saturated rings. The van der Waals surface area contributed by atoms with Gasteiger partial charge in [0.15, 0.2) is 0 Å². The van der Waals surface area contributed by atoms with E-state index in [2.05, 4.69) is 132 Å². The van der Waals surface area contributed by atoms with Crippen LogP contribution in [0, 0.1) is 0 Å². The average molecular weight is 544 g/mol. The van der Waals surface area contributed by atoms with Crippen molar-refractivity contribution in [2.24, 2.45) is 5.84 Å². The van der Waals surface area contributed by atoms with E-state index in [1.54, 1.807) is 0 Å². The van der Waals surface area contributed by atoms with Crippen molar-refractivity contribution in [1.82, 2.24) is 5.43 Å². The predicted octanol–water partition coefficient (Wildman–Crippen LogP) is 8.12. The molecular weight excluding hydrogens is 514 g/mol. The van der Waals surface area contributed by atoms with Crippen LogP contribution in [0.4, 0.5) is 17.1 Å². The molecule has 0 atom stereocenters. The highest BCUT2D eigenvalue weighted by Gasteiger charge is 2.46. The van der Waals surface area contributed by atoms with Crippen LogP contribution in [0.1, 0.15) is 32.6 Å². The molecule has 42 heavy (non-hydrogen) atoms. The van der Waals surface area contributed by atoms with Crippen molar-refractivity contribution in [1.29, 1.82) is 0 Å². The Hall–Kier alpha value is -5.45. The second kappa shape index (κ2) is 10.5. The predicted molar refractivity (Wildman–Crippen MR) is 170 cm³/mol. The molecule has 6 aromatic carbocycles. The van der Waals surface area contributed by atoms with E-state index in [4.69, 9.17) is 5.84 Å². The number of anilines is 3. The summed E-state index contributed by atoms with van der Waals surface area (Å²) in [6.07, 6.45) is 0. The van der Waals surface area contributed by atoms with Crippen LogP contribution in [-0.2, 0) is 5.41 Å². The van der Waals surface area contributed by atoms with Gasteiger partial charge >= 0.3 is 0 Å². The lowest BCUT2D eigenvalue weighted by molar-refractivity contribution is 0.0953. The second-order valence-electron chi connectivity index (χ2n) is 10.5. The van der Waals surface area contributed by atoms with E-state index in [1.165, 1.54) is 0 Å². The quantitative estimate of drug-likeness (QED) is 0.126. The third kappa shape index (κ3) is 4.00. The van der Waals surface area contributed by atoms with E-state index >= 15 is 0 Å². The molecule has 0 unspecified atom stereocenters. The summed E-state index contributed by atoms with van der Waals surface area (Å²) in [6.45, 7) is 0. The molecule has 3 N–H and O–H groups in total. The molecule has 1 amide bonds. The molecule has 0 aromatic heterocycles. The van der Waals surface area contributed by atoms with Crippen molar-refractivity contribution in [3.63, 3.8) is 0 Å². The van der Waals surface area contributed by atoms with Crippen LogP contribution in [0.3, 0.4) is 0 Å². The zero-order valence-corrected chi connectivity index (χ0v) is 22.9. The fraction of sp³-hybridized carbons (Fsp3) is 0.0263. The summed E-state index contributed by atoms with van der Waals surface area (Å²) >= 11 is 0. The number of nitrogens with one attached hydrogen (secondary N) is 1. The van der Waals surface area contributed by atoms with Gasteiger partial charge in [0.2, 0.25) is 0 Å². The third-order valence-corrected chi connectivity index (χ3v) is 8.21. The minimum atomic E-state index is -0.660. The van der Waals surface area contributed by atoms with E-state index in [9.17, 15) is 4.79 Å². The molecule has 0 aliphatic heterocycles. The Morgan fingerprint density at radius 2 is 0.976 bits per heavy atom. The number of nitrogens with two attached hydrogens (primary N) is 1. The van der Waals surface area contributed by atoms with Crippen molar-refractivity contribution >= 4 is 23.0 Å². The highest BCUT2D eigenvalue weighted by atomic mass is 16.2. The summed E-state index contributed by atoms with van der Waals surface area (Å²) in [5.41, 5.74) is 12.1. The fourth-order valence-electron chi connectivity index (χ4n) is 6.44. The maximum absolute atomic E-state index is 12.8. The third-order valence-electron chi connectivity index (χ3n) is 8.21. The summed E-state index contributed by atoms with van der Waals surface area (Å²) in [5.74, 6) is 5.27.